The van der Waals surface area contributed by atoms with Crippen molar-refractivity contribution in [3.8, 4) is 5.75 Å². The lowest BCUT2D eigenvalue weighted by atomic mass is 10.2. The number of aryl methyl sites for hydroxylation is 1. The molecule has 0 spiro atoms. The van der Waals surface area contributed by atoms with Crippen molar-refractivity contribution in [2.45, 2.75) is 13.5 Å². The average Bonchev–Trinajstić information content (AvgIpc) is 2.95. The van der Waals surface area contributed by atoms with Gasteiger partial charge in [0.1, 0.15) is 5.75 Å². The summed E-state index contributed by atoms with van der Waals surface area (Å²) in [5, 5.41) is 15.4. The molecule has 1 amide bonds. The maximum absolute atomic E-state index is 12.1. The third-order valence-corrected chi connectivity index (χ3v) is 4.39. The van der Waals surface area contributed by atoms with Gasteiger partial charge >= 0.3 is 0 Å². The third-order valence-electron chi connectivity index (χ3n) is 3.96. The Labute approximate surface area is 168 Å². The number of hydrogen-bond donors (Lipinski definition) is 3. The minimum Gasteiger partial charge on any atom is -0.508 e. The van der Waals surface area contributed by atoms with E-state index in [9.17, 15) is 9.90 Å². The number of nitrogens with zero attached hydrogens (tertiary/aromatic N) is 3. The molecule has 0 saturated carbocycles. The number of phenolic OH excluding ortho intramolecular Hbond substituents is 1. The van der Waals surface area contributed by atoms with E-state index in [1.165, 1.54) is 12.1 Å². The molecule has 1 aromatic carbocycles. The van der Waals surface area contributed by atoms with E-state index < -0.39 is 0 Å². The summed E-state index contributed by atoms with van der Waals surface area (Å²) >= 11 is 3.49. The maximum atomic E-state index is 12.1. The van der Waals surface area contributed by atoms with Crippen molar-refractivity contribution < 1.29 is 9.90 Å². The van der Waals surface area contributed by atoms with Gasteiger partial charge < -0.3 is 25.2 Å². The molecule has 2 rings (SSSR count). The molecule has 0 atom stereocenters. The molecule has 2 aromatic rings. The zero-order chi connectivity index (χ0) is 19.8. The number of phenols is 1. The normalized spacial score (nSPS) is 11.3. The van der Waals surface area contributed by atoms with Crippen molar-refractivity contribution in [2.75, 3.05) is 26.7 Å². The van der Waals surface area contributed by atoms with Gasteiger partial charge in [-0.05, 0) is 53.2 Å². The largest absolute Gasteiger partial charge is 0.508 e. The van der Waals surface area contributed by atoms with E-state index in [1.807, 2.05) is 32.1 Å². The van der Waals surface area contributed by atoms with Crippen LogP contribution in [0.1, 0.15) is 23.0 Å². The second-order valence-corrected chi connectivity index (χ2v) is 7.07. The van der Waals surface area contributed by atoms with Gasteiger partial charge in [0.2, 0.25) is 0 Å². The highest BCUT2D eigenvalue weighted by atomic mass is 79.9. The highest BCUT2D eigenvalue weighted by molar-refractivity contribution is 9.10. The minimum atomic E-state index is -0.183. The summed E-state index contributed by atoms with van der Waals surface area (Å²) in [6.45, 7) is 4.40. The van der Waals surface area contributed by atoms with Crippen molar-refractivity contribution in [3.63, 3.8) is 0 Å². The summed E-state index contributed by atoms with van der Waals surface area (Å²) in [5.41, 5.74) is 1.67. The number of nitrogens with one attached hydrogen (secondary N) is 2. The van der Waals surface area contributed by atoms with Crippen LogP contribution in [0.5, 0.6) is 5.75 Å². The van der Waals surface area contributed by atoms with Crippen molar-refractivity contribution in [2.24, 2.45) is 12.0 Å². The van der Waals surface area contributed by atoms with Crippen molar-refractivity contribution in [1.82, 2.24) is 20.1 Å². The van der Waals surface area contributed by atoms with Crippen LogP contribution in [0.25, 0.3) is 0 Å². The molecule has 0 bridgehead atoms. The number of halogens is 1. The lowest BCUT2D eigenvalue weighted by molar-refractivity contribution is 0.0955. The zero-order valence-corrected chi connectivity index (χ0v) is 17.5. The Morgan fingerprint density at radius 1 is 1.30 bits per heavy atom. The number of aliphatic imine (C=N–C) groups is 1. The molecular weight excluding hydrogens is 410 g/mol. The van der Waals surface area contributed by atoms with Crippen LogP contribution in [0.2, 0.25) is 0 Å². The first-order chi connectivity index (χ1) is 12.9. The van der Waals surface area contributed by atoms with Gasteiger partial charge in [-0.1, -0.05) is 0 Å². The highest BCUT2D eigenvalue weighted by Gasteiger charge is 2.10. The Morgan fingerprint density at radius 3 is 2.59 bits per heavy atom. The van der Waals surface area contributed by atoms with E-state index in [0.29, 0.717) is 25.2 Å². The molecule has 3 N–H and O–H groups in total. The number of carbonyl (C=O) groups excluding carboxylic acids is 1. The van der Waals surface area contributed by atoms with Gasteiger partial charge in [0.25, 0.3) is 5.91 Å². The van der Waals surface area contributed by atoms with Crippen LogP contribution in [0, 0.1) is 0 Å². The van der Waals surface area contributed by atoms with Crippen LogP contribution in [0.15, 0.2) is 46.0 Å². The summed E-state index contributed by atoms with van der Waals surface area (Å²) in [6, 6.07) is 8.24. The van der Waals surface area contributed by atoms with Gasteiger partial charge in [0.15, 0.2) is 5.96 Å². The number of hydrogen-bond acceptors (Lipinski definition) is 3. The lowest BCUT2D eigenvalue weighted by Crippen LogP contribution is -2.39. The maximum Gasteiger partial charge on any atom is 0.251 e. The molecule has 0 fully saturated rings. The lowest BCUT2D eigenvalue weighted by Gasteiger charge is -2.22. The second kappa shape index (κ2) is 10.0. The van der Waals surface area contributed by atoms with Gasteiger partial charge in [-0.3, -0.25) is 9.79 Å². The van der Waals surface area contributed by atoms with Gasteiger partial charge in [-0.25, -0.2) is 0 Å². The Bertz CT molecular complexity index is 786. The van der Waals surface area contributed by atoms with E-state index in [-0.39, 0.29) is 11.7 Å². The zero-order valence-electron chi connectivity index (χ0n) is 15.9. The SMILES string of the molecule is CCNC(=NCCNC(=O)c1ccc(O)cc1)N(C)Cc1cc(Br)cn1C. The minimum absolute atomic E-state index is 0.139. The Morgan fingerprint density at radius 2 is 2.00 bits per heavy atom. The number of carbonyl (C=O) groups is 1. The third kappa shape index (κ3) is 6.32. The topological polar surface area (TPSA) is 81.9 Å². The highest BCUT2D eigenvalue weighted by Crippen LogP contribution is 2.15. The molecule has 1 aromatic heterocycles. The molecule has 1 heterocycles. The predicted molar refractivity (Wildman–Crippen MR) is 111 cm³/mol. The van der Waals surface area contributed by atoms with E-state index in [0.717, 1.165) is 22.7 Å². The van der Waals surface area contributed by atoms with E-state index in [4.69, 9.17) is 0 Å². The van der Waals surface area contributed by atoms with E-state index >= 15 is 0 Å². The van der Waals surface area contributed by atoms with Gasteiger partial charge in [-0.15, -0.1) is 0 Å². The molecule has 0 saturated heterocycles. The standard InChI is InChI=1S/C19H26BrN5O2/c1-4-21-19(25(3)13-16-11-15(20)12-24(16)2)23-10-9-22-18(27)14-5-7-17(26)8-6-14/h5-8,11-12,26H,4,9-10,13H2,1-3H3,(H,21,23)(H,22,27). The van der Waals surface area contributed by atoms with Crippen LogP contribution < -0.4 is 10.6 Å². The first-order valence-electron chi connectivity index (χ1n) is 8.78. The number of guanidine groups is 1. The summed E-state index contributed by atoms with van der Waals surface area (Å²) in [4.78, 5) is 18.7. The number of rotatable bonds is 7. The molecule has 146 valence electrons. The molecule has 27 heavy (non-hydrogen) atoms. The Balaban J connectivity index is 1.89. The summed E-state index contributed by atoms with van der Waals surface area (Å²) in [6.07, 6.45) is 2.02. The summed E-state index contributed by atoms with van der Waals surface area (Å²) in [5.74, 6) is 0.741. The number of aromatic nitrogens is 1. The first kappa shape index (κ1) is 20.8. The van der Waals surface area contributed by atoms with Crippen LogP contribution >= 0.6 is 15.9 Å². The molecule has 0 aliphatic rings. The quantitative estimate of drug-likeness (QED) is 0.354. The molecular formula is C19H26BrN5O2. The van der Waals surface area contributed by atoms with Crippen LogP contribution in [0.4, 0.5) is 0 Å². The molecule has 0 unspecified atom stereocenters. The first-order valence-corrected chi connectivity index (χ1v) is 9.57. The Kier molecular flexibility index (Phi) is 7.72. The predicted octanol–water partition coefficient (Wildman–Crippen LogP) is 2.32. The Hall–Kier alpha value is -2.48. The van der Waals surface area contributed by atoms with Crippen molar-refractivity contribution >= 4 is 27.8 Å². The molecule has 0 aliphatic heterocycles. The molecule has 8 heteroatoms. The molecule has 0 radical (unpaired) electrons. The van der Waals surface area contributed by atoms with Crippen molar-refractivity contribution in [1.29, 1.82) is 0 Å². The van der Waals surface area contributed by atoms with Crippen molar-refractivity contribution in [3.05, 3.63) is 52.3 Å². The number of aromatic hydroxyl groups is 1. The fourth-order valence-corrected chi connectivity index (χ4v) is 3.13. The van der Waals surface area contributed by atoms with E-state index in [2.05, 4.69) is 42.2 Å². The average molecular weight is 436 g/mol. The summed E-state index contributed by atoms with van der Waals surface area (Å²) < 4.78 is 3.12. The number of amides is 1. The van der Waals surface area contributed by atoms with Crippen LogP contribution in [-0.2, 0) is 13.6 Å². The molecule has 7 nitrogen and oxygen atoms in total. The van der Waals surface area contributed by atoms with Crippen LogP contribution in [-0.4, -0.2) is 53.1 Å². The van der Waals surface area contributed by atoms with Gasteiger partial charge in [-0.2, -0.15) is 0 Å². The van der Waals surface area contributed by atoms with Crippen LogP contribution in [0.3, 0.4) is 0 Å². The fourth-order valence-electron chi connectivity index (χ4n) is 2.56. The smallest absolute Gasteiger partial charge is 0.251 e. The fraction of sp³-hybridized carbons (Fsp3) is 0.368. The van der Waals surface area contributed by atoms with Gasteiger partial charge in [0.05, 0.1) is 13.1 Å². The van der Waals surface area contributed by atoms with E-state index in [1.54, 1.807) is 12.1 Å². The monoisotopic (exact) mass is 435 g/mol. The van der Waals surface area contributed by atoms with Gasteiger partial charge in [0, 0.05) is 49.1 Å². The second-order valence-electron chi connectivity index (χ2n) is 6.16. The number of benzene rings is 1. The summed E-state index contributed by atoms with van der Waals surface area (Å²) in [7, 11) is 3.99. The molecule has 0 aliphatic carbocycles.